The maximum absolute atomic E-state index is 12.0. The lowest BCUT2D eigenvalue weighted by molar-refractivity contribution is 0.410. The van der Waals surface area contributed by atoms with Crippen LogP contribution in [0.5, 0.6) is 0 Å². The van der Waals surface area contributed by atoms with Crippen molar-refractivity contribution < 1.29 is 0 Å². The van der Waals surface area contributed by atoms with Gasteiger partial charge in [0.1, 0.15) is 4.83 Å². The fourth-order valence-electron chi connectivity index (χ4n) is 1.60. The average molecular weight is 251 g/mol. The third kappa shape index (κ3) is 2.92. The quantitative estimate of drug-likeness (QED) is 0.905. The van der Waals surface area contributed by atoms with Crippen molar-refractivity contribution in [2.75, 3.05) is 6.54 Å². The van der Waals surface area contributed by atoms with Gasteiger partial charge in [0, 0.05) is 18.6 Å². The van der Waals surface area contributed by atoms with E-state index in [1.165, 1.54) is 11.3 Å². The zero-order valence-electron chi connectivity index (χ0n) is 10.4. The Bertz CT molecular complexity index is 565. The molecule has 0 radical (unpaired) electrons. The summed E-state index contributed by atoms with van der Waals surface area (Å²) in [6, 6.07) is 1.84. The molecule has 0 saturated heterocycles. The summed E-state index contributed by atoms with van der Waals surface area (Å²) in [6.45, 7) is 7.73. The van der Waals surface area contributed by atoms with E-state index in [0.717, 1.165) is 11.4 Å². The lowest BCUT2D eigenvalue weighted by atomic mass is 10.1. The highest BCUT2D eigenvalue weighted by Gasteiger charge is 2.09. The highest BCUT2D eigenvalue weighted by Crippen LogP contribution is 2.13. The second-order valence-corrected chi connectivity index (χ2v) is 5.95. The van der Waals surface area contributed by atoms with Gasteiger partial charge in [-0.1, -0.05) is 0 Å². The number of thiophene rings is 1. The first-order chi connectivity index (χ1) is 7.97. The van der Waals surface area contributed by atoms with E-state index >= 15 is 0 Å². The standard InChI is InChI=1S/C12H17N3OS/c1-12(2,3)14-5-6-15-8-13-10-9(11(15)16)4-7-17-10/h4,7-8,14H,5-6H2,1-3H3. The summed E-state index contributed by atoms with van der Waals surface area (Å²) in [4.78, 5) is 17.1. The van der Waals surface area contributed by atoms with Gasteiger partial charge in [-0.15, -0.1) is 11.3 Å². The molecule has 0 aliphatic heterocycles. The summed E-state index contributed by atoms with van der Waals surface area (Å²) in [5, 5.41) is 5.97. The summed E-state index contributed by atoms with van der Waals surface area (Å²) in [5.41, 5.74) is 0.121. The molecule has 0 bridgehead atoms. The Morgan fingerprint density at radius 1 is 1.47 bits per heavy atom. The minimum atomic E-state index is 0.0481. The van der Waals surface area contributed by atoms with E-state index in [9.17, 15) is 4.79 Å². The van der Waals surface area contributed by atoms with Crippen LogP contribution in [-0.4, -0.2) is 21.6 Å². The minimum absolute atomic E-state index is 0.0481. The molecule has 2 rings (SSSR count). The van der Waals surface area contributed by atoms with E-state index in [0.29, 0.717) is 11.9 Å². The van der Waals surface area contributed by atoms with Crippen molar-refractivity contribution in [1.82, 2.24) is 14.9 Å². The van der Waals surface area contributed by atoms with Gasteiger partial charge in [-0.25, -0.2) is 4.98 Å². The van der Waals surface area contributed by atoms with Crippen LogP contribution in [0, 0.1) is 0 Å². The number of aromatic nitrogens is 2. The van der Waals surface area contributed by atoms with Crippen LogP contribution in [-0.2, 0) is 6.54 Å². The van der Waals surface area contributed by atoms with Gasteiger partial charge in [0.15, 0.2) is 0 Å². The topological polar surface area (TPSA) is 46.9 Å². The highest BCUT2D eigenvalue weighted by molar-refractivity contribution is 7.16. The van der Waals surface area contributed by atoms with Crippen molar-refractivity contribution in [3.63, 3.8) is 0 Å². The number of rotatable bonds is 3. The van der Waals surface area contributed by atoms with E-state index in [4.69, 9.17) is 0 Å². The average Bonchev–Trinajstić information content (AvgIpc) is 2.68. The van der Waals surface area contributed by atoms with Gasteiger partial charge in [0.05, 0.1) is 11.7 Å². The van der Waals surface area contributed by atoms with Crippen LogP contribution in [0.1, 0.15) is 20.8 Å². The number of fused-ring (bicyclic) bond motifs is 1. The Hall–Kier alpha value is -1.20. The summed E-state index contributed by atoms with van der Waals surface area (Å²) in [6.07, 6.45) is 1.63. The molecule has 0 amide bonds. The lowest BCUT2D eigenvalue weighted by Gasteiger charge is -2.20. The van der Waals surface area contributed by atoms with E-state index in [1.54, 1.807) is 10.9 Å². The molecule has 2 aromatic rings. The maximum atomic E-state index is 12.0. The first-order valence-corrected chi connectivity index (χ1v) is 6.53. The molecule has 0 spiro atoms. The van der Waals surface area contributed by atoms with Crippen LogP contribution in [0.2, 0.25) is 0 Å². The molecule has 0 saturated carbocycles. The summed E-state index contributed by atoms with van der Waals surface area (Å²) in [5.74, 6) is 0. The van der Waals surface area contributed by atoms with Crippen LogP contribution in [0.15, 0.2) is 22.6 Å². The van der Waals surface area contributed by atoms with Gasteiger partial charge >= 0.3 is 0 Å². The van der Waals surface area contributed by atoms with Crippen molar-refractivity contribution >= 4 is 21.6 Å². The molecule has 0 aliphatic carbocycles. The summed E-state index contributed by atoms with van der Waals surface area (Å²) in [7, 11) is 0. The van der Waals surface area contributed by atoms with Crippen molar-refractivity contribution in [2.45, 2.75) is 32.9 Å². The fourth-order valence-corrected chi connectivity index (χ4v) is 2.33. The normalized spacial score (nSPS) is 12.2. The largest absolute Gasteiger partial charge is 0.310 e. The number of nitrogens with one attached hydrogen (secondary N) is 1. The van der Waals surface area contributed by atoms with E-state index in [-0.39, 0.29) is 11.1 Å². The highest BCUT2D eigenvalue weighted by atomic mass is 32.1. The Morgan fingerprint density at radius 3 is 2.94 bits per heavy atom. The van der Waals surface area contributed by atoms with Crippen LogP contribution in [0.4, 0.5) is 0 Å². The van der Waals surface area contributed by atoms with Gasteiger partial charge in [0.2, 0.25) is 0 Å². The zero-order chi connectivity index (χ0) is 12.5. The second kappa shape index (κ2) is 4.58. The van der Waals surface area contributed by atoms with Crippen molar-refractivity contribution in [3.8, 4) is 0 Å². The Labute approximate surface area is 104 Å². The Morgan fingerprint density at radius 2 is 2.24 bits per heavy atom. The molecular weight excluding hydrogens is 234 g/mol. The van der Waals surface area contributed by atoms with Crippen molar-refractivity contribution in [3.05, 3.63) is 28.1 Å². The molecule has 2 heterocycles. The molecule has 5 heteroatoms. The lowest BCUT2D eigenvalue weighted by Crippen LogP contribution is -2.39. The Balaban J connectivity index is 2.14. The zero-order valence-corrected chi connectivity index (χ0v) is 11.2. The van der Waals surface area contributed by atoms with Crippen LogP contribution >= 0.6 is 11.3 Å². The fraction of sp³-hybridized carbons (Fsp3) is 0.500. The molecule has 92 valence electrons. The van der Waals surface area contributed by atoms with Crippen molar-refractivity contribution in [1.29, 1.82) is 0 Å². The first-order valence-electron chi connectivity index (χ1n) is 5.65. The predicted molar refractivity (Wildman–Crippen MR) is 71.6 cm³/mol. The molecule has 2 aromatic heterocycles. The van der Waals surface area contributed by atoms with Crippen LogP contribution in [0.25, 0.3) is 10.2 Å². The third-order valence-corrected chi connectivity index (χ3v) is 3.28. The summed E-state index contributed by atoms with van der Waals surface area (Å²) < 4.78 is 1.66. The minimum Gasteiger partial charge on any atom is -0.310 e. The second-order valence-electron chi connectivity index (χ2n) is 5.06. The van der Waals surface area contributed by atoms with Crippen LogP contribution in [0.3, 0.4) is 0 Å². The van der Waals surface area contributed by atoms with E-state index in [2.05, 4.69) is 31.1 Å². The molecule has 4 nitrogen and oxygen atoms in total. The van der Waals surface area contributed by atoms with Crippen LogP contribution < -0.4 is 10.9 Å². The predicted octanol–water partition coefficient (Wildman–Crippen LogP) is 1.85. The number of nitrogens with zero attached hydrogens (tertiary/aromatic N) is 2. The van der Waals surface area contributed by atoms with Gasteiger partial charge in [0.25, 0.3) is 5.56 Å². The van der Waals surface area contributed by atoms with Gasteiger partial charge < -0.3 is 5.32 Å². The molecule has 0 aromatic carbocycles. The van der Waals surface area contributed by atoms with E-state index < -0.39 is 0 Å². The van der Waals surface area contributed by atoms with Gasteiger partial charge in [-0.2, -0.15) is 0 Å². The number of hydrogen-bond donors (Lipinski definition) is 1. The smallest absolute Gasteiger partial charge is 0.262 e. The monoisotopic (exact) mass is 251 g/mol. The SMILES string of the molecule is CC(C)(C)NCCn1cnc2sccc2c1=O. The number of hydrogen-bond acceptors (Lipinski definition) is 4. The molecule has 0 atom stereocenters. The Kier molecular flexibility index (Phi) is 3.31. The molecule has 1 N–H and O–H groups in total. The van der Waals surface area contributed by atoms with E-state index in [1.807, 2.05) is 11.4 Å². The third-order valence-electron chi connectivity index (χ3n) is 2.46. The molecular formula is C12H17N3OS. The summed E-state index contributed by atoms with van der Waals surface area (Å²) >= 11 is 1.50. The van der Waals surface area contributed by atoms with Crippen molar-refractivity contribution in [2.24, 2.45) is 0 Å². The van der Waals surface area contributed by atoms with Gasteiger partial charge in [-0.3, -0.25) is 9.36 Å². The molecule has 0 fully saturated rings. The maximum Gasteiger partial charge on any atom is 0.262 e. The molecule has 0 unspecified atom stereocenters. The van der Waals surface area contributed by atoms with Gasteiger partial charge in [-0.05, 0) is 32.2 Å². The molecule has 17 heavy (non-hydrogen) atoms. The molecule has 0 aliphatic rings. The first kappa shape index (κ1) is 12.3.